The van der Waals surface area contributed by atoms with E-state index in [1.54, 1.807) is 0 Å². The Labute approximate surface area is 115 Å². The van der Waals surface area contributed by atoms with Gasteiger partial charge in [-0.2, -0.15) is 5.10 Å². The summed E-state index contributed by atoms with van der Waals surface area (Å²) in [5.41, 5.74) is -1.02. The van der Waals surface area contributed by atoms with Crippen LogP contribution in [0.15, 0.2) is 16.9 Å². The molecule has 20 heavy (non-hydrogen) atoms. The number of carboxylic acid groups (broad SMARTS) is 1. The van der Waals surface area contributed by atoms with Gasteiger partial charge in [-0.3, -0.25) is 14.4 Å². The molecule has 7 nitrogen and oxygen atoms in total. The second-order valence-electron chi connectivity index (χ2n) is 5.17. The Morgan fingerprint density at radius 2 is 2.00 bits per heavy atom. The second kappa shape index (κ2) is 5.85. The molecule has 0 aliphatic heterocycles. The van der Waals surface area contributed by atoms with Crippen molar-refractivity contribution in [3.63, 3.8) is 0 Å². The van der Waals surface area contributed by atoms with Gasteiger partial charge in [-0.1, -0.05) is 19.3 Å². The number of carbonyl (C=O) groups excluding carboxylic acids is 1. The van der Waals surface area contributed by atoms with E-state index < -0.39 is 17.4 Å². The maximum absolute atomic E-state index is 12.1. The standard InChI is InChI=1S/C13H17N3O4/c17-10-5-4-9(15-16-10)12(20)14-13(8-11(18)19)6-2-1-3-7-13/h4-5H,1-3,6-8H2,(H,14,20)(H,16,17)(H,18,19). The van der Waals surface area contributed by atoms with E-state index in [2.05, 4.69) is 15.5 Å². The van der Waals surface area contributed by atoms with Gasteiger partial charge in [-0.25, -0.2) is 5.10 Å². The van der Waals surface area contributed by atoms with Crippen LogP contribution in [0.2, 0.25) is 0 Å². The molecule has 0 unspecified atom stereocenters. The number of nitrogens with one attached hydrogen (secondary N) is 2. The van der Waals surface area contributed by atoms with Gasteiger partial charge < -0.3 is 10.4 Å². The average Bonchev–Trinajstić information content (AvgIpc) is 2.39. The van der Waals surface area contributed by atoms with Crippen molar-refractivity contribution in [2.45, 2.75) is 44.1 Å². The van der Waals surface area contributed by atoms with Crippen LogP contribution in [0.25, 0.3) is 0 Å². The summed E-state index contributed by atoms with van der Waals surface area (Å²) >= 11 is 0. The molecule has 1 aliphatic carbocycles. The fraction of sp³-hybridized carbons (Fsp3) is 0.538. The molecule has 0 saturated heterocycles. The van der Waals surface area contributed by atoms with Crippen LogP contribution in [0.5, 0.6) is 0 Å². The Hall–Kier alpha value is -2.18. The van der Waals surface area contributed by atoms with Crippen molar-refractivity contribution < 1.29 is 14.7 Å². The van der Waals surface area contributed by atoms with Crippen molar-refractivity contribution in [2.24, 2.45) is 0 Å². The molecule has 1 saturated carbocycles. The molecule has 1 fully saturated rings. The zero-order valence-electron chi connectivity index (χ0n) is 11.0. The van der Waals surface area contributed by atoms with Crippen LogP contribution in [0.4, 0.5) is 0 Å². The van der Waals surface area contributed by atoms with Crippen molar-refractivity contribution in [3.8, 4) is 0 Å². The highest BCUT2D eigenvalue weighted by Gasteiger charge is 2.36. The quantitative estimate of drug-likeness (QED) is 0.750. The number of nitrogens with zero attached hydrogens (tertiary/aromatic N) is 1. The lowest BCUT2D eigenvalue weighted by molar-refractivity contribution is -0.139. The van der Waals surface area contributed by atoms with Gasteiger partial charge in [0.15, 0.2) is 0 Å². The molecule has 1 heterocycles. The molecule has 0 spiro atoms. The number of aromatic nitrogens is 2. The number of hydrogen-bond donors (Lipinski definition) is 3. The average molecular weight is 279 g/mol. The Kier molecular flexibility index (Phi) is 4.16. The number of aliphatic carboxylic acids is 1. The van der Waals surface area contributed by atoms with Crippen LogP contribution in [0, 0.1) is 0 Å². The highest BCUT2D eigenvalue weighted by Crippen LogP contribution is 2.31. The van der Waals surface area contributed by atoms with E-state index in [0.29, 0.717) is 12.8 Å². The van der Waals surface area contributed by atoms with E-state index in [4.69, 9.17) is 5.11 Å². The summed E-state index contributed by atoms with van der Waals surface area (Å²) in [5.74, 6) is -1.38. The first-order valence-corrected chi connectivity index (χ1v) is 6.61. The molecule has 7 heteroatoms. The van der Waals surface area contributed by atoms with E-state index in [9.17, 15) is 14.4 Å². The van der Waals surface area contributed by atoms with Gasteiger partial charge in [0.05, 0.1) is 12.0 Å². The summed E-state index contributed by atoms with van der Waals surface area (Å²) in [6.07, 6.45) is 4.04. The minimum absolute atomic E-state index is 0.0833. The van der Waals surface area contributed by atoms with E-state index in [0.717, 1.165) is 19.3 Å². The number of amides is 1. The molecule has 0 bridgehead atoms. The minimum atomic E-state index is -0.929. The number of aromatic amines is 1. The molecular formula is C13H17N3O4. The van der Waals surface area contributed by atoms with Crippen molar-refractivity contribution in [3.05, 3.63) is 28.2 Å². The van der Waals surface area contributed by atoms with E-state index in [1.165, 1.54) is 12.1 Å². The predicted octanol–water partition coefficient (Wildman–Crippen LogP) is 0.677. The lowest BCUT2D eigenvalue weighted by Crippen LogP contribution is -2.51. The number of H-pyrrole nitrogens is 1. The number of hydrogen-bond acceptors (Lipinski definition) is 4. The minimum Gasteiger partial charge on any atom is -0.481 e. The van der Waals surface area contributed by atoms with Crippen molar-refractivity contribution in [1.82, 2.24) is 15.5 Å². The number of rotatable bonds is 4. The highest BCUT2D eigenvalue weighted by molar-refractivity contribution is 5.92. The third kappa shape index (κ3) is 3.43. The van der Waals surface area contributed by atoms with E-state index >= 15 is 0 Å². The van der Waals surface area contributed by atoms with Crippen molar-refractivity contribution in [2.75, 3.05) is 0 Å². The molecular weight excluding hydrogens is 262 g/mol. The van der Waals surface area contributed by atoms with Gasteiger partial charge in [0.1, 0.15) is 5.69 Å². The van der Waals surface area contributed by atoms with Gasteiger partial charge >= 0.3 is 5.97 Å². The molecule has 1 aliphatic rings. The first-order chi connectivity index (χ1) is 9.51. The molecule has 3 N–H and O–H groups in total. The maximum atomic E-state index is 12.1. The number of carbonyl (C=O) groups is 2. The van der Waals surface area contributed by atoms with Crippen LogP contribution >= 0.6 is 0 Å². The molecule has 1 amide bonds. The van der Waals surface area contributed by atoms with Crippen LogP contribution in [-0.4, -0.2) is 32.7 Å². The zero-order chi connectivity index (χ0) is 14.6. The summed E-state index contributed by atoms with van der Waals surface area (Å²) in [7, 11) is 0. The smallest absolute Gasteiger partial charge is 0.305 e. The molecule has 0 radical (unpaired) electrons. The molecule has 0 aromatic carbocycles. The summed E-state index contributed by atoms with van der Waals surface area (Å²) in [5, 5.41) is 17.7. The fourth-order valence-electron chi connectivity index (χ4n) is 2.64. The van der Waals surface area contributed by atoms with E-state index in [-0.39, 0.29) is 17.7 Å². The number of carboxylic acids is 1. The summed E-state index contributed by atoms with van der Waals surface area (Å²) < 4.78 is 0. The van der Waals surface area contributed by atoms with Crippen LogP contribution in [-0.2, 0) is 4.79 Å². The zero-order valence-corrected chi connectivity index (χ0v) is 11.0. The lowest BCUT2D eigenvalue weighted by atomic mass is 9.79. The van der Waals surface area contributed by atoms with Crippen molar-refractivity contribution >= 4 is 11.9 Å². The van der Waals surface area contributed by atoms with Gasteiger partial charge in [0.25, 0.3) is 11.5 Å². The third-order valence-corrected chi connectivity index (χ3v) is 3.59. The Morgan fingerprint density at radius 3 is 2.55 bits per heavy atom. The molecule has 108 valence electrons. The van der Waals surface area contributed by atoms with Crippen LogP contribution in [0.1, 0.15) is 49.0 Å². The monoisotopic (exact) mass is 279 g/mol. The SMILES string of the molecule is O=C(O)CC1(NC(=O)c2ccc(=O)[nH]n2)CCCCC1. The molecule has 1 aromatic heterocycles. The largest absolute Gasteiger partial charge is 0.481 e. The van der Waals surface area contributed by atoms with Crippen LogP contribution < -0.4 is 10.9 Å². The second-order valence-corrected chi connectivity index (χ2v) is 5.17. The van der Waals surface area contributed by atoms with Gasteiger partial charge in [-0.05, 0) is 18.9 Å². The highest BCUT2D eigenvalue weighted by atomic mass is 16.4. The van der Waals surface area contributed by atoms with E-state index in [1.807, 2.05) is 0 Å². The lowest BCUT2D eigenvalue weighted by Gasteiger charge is -2.36. The van der Waals surface area contributed by atoms with Crippen LogP contribution in [0.3, 0.4) is 0 Å². The molecule has 0 atom stereocenters. The van der Waals surface area contributed by atoms with Gasteiger partial charge in [-0.15, -0.1) is 0 Å². The Morgan fingerprint density at radius 1 is 1.30 bits per heavy atom. The summed E-state index contributed by atoms with van der Waals surface area (Å²) in [6.45, 7) is 0. The predicted molar refractivity (Wildman–Crippen MR) is 70.4 cm³/mol. The van der Waals surface area contributed by atoms with Gasteiger partial charge in [0.2, 0.25) is 0 Å². The first-order valence-electron chi connectivity index (χ1n) is 6.61. The first kappa shape index (κ1) is 14.2. The third-order valence-electron chi connectivity index (χ3n) is 3.59. The topological polar surface area (TPSA) is 112 Å². The van der Waals surface area contributed by atoms with Crippen molar-refractivity contribution in [1.29, 1.82) is 0 Å². The normalized spacial score (nSPS) is 17.4. The maximum Gasteiger partial charge on any atom is 0.305 e. The summed E-state index contributed by atoms with van der Waals surface area (Å²) in [4.78, 5) is 34.1. The summed E-state index contributed by atoms with van der Waals surface area (Å²) in [6, 6.07) is 2.54. The molecule has 1 aromatic rings. The molecule has 2 rings (SSSR count). The van der Waals surface area contributed by atoms with Gasteiger partial charge in [0, 0.05) is 6.07 Å². The fourth-order valence-corrected chi connectivity index (χ4v) is 2.64. The Balaban J connectivity index is 2.14. The Bertz CT molecular complexity index is 540.